The van der Waals surface area contributed by atoms with Crippen LogP contribution in [0.4, 0.5) is 0 Å². The van der Waals surface area contributed by atoms with E-state index in [2.05, 4.69) is 18.7 Å². The Kier molecular flexibility index (Phi) is 2.92. The molecule has 0 spiro atoms. The van der Waals surface area contributed by atoms with Crippen LogP contribution in [-0.4, -0.2) is 24.5 Å². The van der Waals surface area contributed by atoms with Gasteiger partial charge in [-0.3, -0.25) is 0 Å². The van der Waals surface area contributed by atoms with Crippen molar-refractivity contribution in [1.82, 2.24) is 4.90 Å². The molecule has 0 aromatic heterocycles. The zero-order valence-corrected chi connectivity index (χ0v) is 9.13. The first kappa shape index (κ1) is 9.51. The molecule has 2 rings (SSSR count). The van der Waals surface area contributed by atoms with Crippen molar-refractivity contribution in [3.05, 3.63) is 0 Å². The Hall–Kier alpha value is -0.0400. The molecular formula is C12H23N. The van der Waals surface area contributed by atoms with Crippen LogP contribution >= 0.6 is 0 Å². The molecule has 2 aliphatic rings. The van der Waals surface area contributed by atoms with Gasteiger partial charge in [0.25, 0.3) is 0 Å². The van der Waals surface area contributed by atoms with E-state index in [0.717, 1.165) is 17.8 Å². The Labute approximate surface area is 82.5 Å². The molecule has 0 radical (unpaired) electrons. The quantitative estimate of drug-likeness (QED) is 0.647. The van der Waals surface area contributed by atoms with Crippen LogP contribution in [0, 0.1) is 17.8 Å². The topological polar surface area (TPSA) is 3.24 Å². The molecule has 0 atom stereocenters. The fourth-order valence-electron chi connectivity index (χ4n) is 2.69. The Morgan fingerprint density at radius 3 is 2.00 bits per heavy atom. The van der Waals surface area contributed by atoms with Gasteiger partial charge in [0, 0.05) is 6.54 Å². The predicted octanol–water partition coefficient (Wildman–Crippen LogP) is 2.76. The van der Waals surface area contributed by atoms with Crippen molar-refractivity contribution in [2.75, 3.05) is 19.6 Å². The van der Waals surface area contributed by atoms with E-state index in [9.17, 15) is 0 Å². The average molecular weight is 181 g/mol. The van der Waals surface area contributed by atoms with Crippen LogP contribution in [0.1, 0.15) is 39.5 Å². The smallest absolute Gasteiger partial charge is 0.000439 e. The molecule has 1 saturated heterocycles. The highest BCUT2D eigenvalue weighted by molar-refractivity contribution is 4.85. The molecule has 1 heterocycles. The first-order chi connectivity index (χ1) is 6.25. The van der Waals surface area contributed by atoms with Gasteiger partial charge in [-0.1, -0.05) is 13.8 Å². The van der Waals surface area contributed by atoms with E-state index in [0.29, 0.717) is 0 Å². The van der Waals surface area contributed by atoms with E-state index in [1.54, 1.807) is 0 Å². The van der Waals surface area contributed by atoms with Crippen molar-refractivity contribution in [2.45, 2.75) is 39.5 Å². The van der Waals surface area contributed by atoms with E-state index in [1.165, 1.54) is 45.3 Å². The molecule has 0 unspecified atom stereocenters. The summed E-state index contributed by atoms with van der Waals surface area (Å²) < 4.78 is 0. The van der Waals surface area contributed by atoms with Crippen molar-refractivity contribution in [3.8, 4) is 0 Å². The molecule has 0 N–H and O–H groups in total. The Bertz CT molecular complexity index is 153. The highest BCUT2D eigenvalue weighted by Gasteiger charge is 2.33. The number of hydrogen-bond donors (Lipinski definition) is 0. The van der Waals surface area contributed by atoms with E-state index in [4.69, 9.17) is 0 Å². The average Bonchev–Trinajstić information content (AvgIpc) is 2.87. The highest BCUT2D eigenvalue weighted by Crippen LogP contribution is 2.41. The molecule has 1 aliphatic heterocycles. The van der Waals surface area contributed by atoms with Crippen molar-refractivity contribution in [1.29, 1.82) is 0 Å². The van der Waals surface area contributed by atoms with E-state index < -0.39 is 0 Å². The van der Waals surface area contributed by atoms with Gasteiger partial charge in [0.1, 0.15) is 0 Å². The molecule has 13 heavy (non-hydrogen) atoms. The van der Waals surface area contributed by atoms with Gasteiger partial charge in [-0.05, 0) is 56.5 Å². The molecule has 0 amide bonds. The molecule has 1 nitrogen and oxygen atoms in total. The summed E-state index contributed by atoms with van der Waals surface area (Å²) in [6.45, 7) is 8.72. The number of piperidine rings is 1. The molecular weight excluding hydrogens is 158 g/mol. The predicted molar refractivity (Wildman–Crippen MR) is 56.7 cm³/mol. The molecule has 1 aliphatic carbocycles. The second-order valence-electron chi connectivity index (χ2n) is 5.37. The highest BCUT2D eigenvalue weighted by atomic mass is 15.1. The zero-order valence-electron chi connectivity index (χ0n) is 9.13. The summed E-state index contributed by atoms with van der Waals surface area (Å²) in [7, 11) is 0. The van der Waals surface area contributed by atoms with Crippen LogP contribution in [0.25, 0.3) is 0 Å². The Morgan fingerprint density at radius 2 is 1.54 bits per heavy atom. The third kappa shape index (κ3) is 2.70. The lowest BCUT2D eigenvalue weighted by Gasteiger charge is -2.33. The number of likely N-dealkylation sites (tertiary alicyclic amines) is 1. The minimum absolute atomic E-state index is 0.845. The molecule has 2 fully saturated rings. The SMILES string of the molecule is CC(C)CN1CCC(C2CC2)CC1. The van der Waals surface area contributed by atoms with Crippen LogP contribution in [0.5, 0.6) is 0 Å². The Balaban J connectivity index is 1.69. The van der Waals surface area contributed by atoms with Gasteiger partial charge in [-0.15, -0.1) is 0 Å². The summed E-state index contributed by atoms with van der Waals surface area (Å²) in [5, 5.41) is 0. The summed E-state index contributed by atoms with van der Waals surface area (Å²) in [6, 6.07) is 0. The molecule has 76 valence electrons. The van der Waals surface area contributed by atoms with Crippen molar-refractivity contribution < 1.29 is 0 Å². The molecule has 0 bridgehead atoms. The second-order valence-corrected chi connectivity index (χ2v) is 5.37. The minimum atomic E-state index is 0.845. The van der Waals surface area contributed by atoms with Crippen molar-refractivity contribution >= 4 is 0 Å². The van der Waals surface area contributed by atoms with Gasteiger partial charge >= 0.3 is 0 Å². The van der Waals surface area contributed by atoms with Crippen LogP contribution in [0.15, 0.2) is 0 Å². The third-order valence-electron chi connectivity index (χ3n) is 3.54. The monoisotopic (exact) mass is 181 g/mol. The van der Waals surface area contributed by atoms with Crippen LogP contribution in [0.3, 0.4) is 0 Å². The van der Waals surface area contributed by atoms with Crippen LogP contribution < -0.4 is 0 Å². The first-order valence-electron chi connectivity index (χ1n) is 5.98. The maximum absolute atomic E-state index is 2.66. The number of hydrogen-bond acceptors (Lipinski definition) is 1. The van der Waals surface area contributed by atoms with Gasteiger partial charge in [0.15, 0.2) is 0 Å². The summed E-state index contributed by atoms with van der Waals surface area (Å²) in [5.41, 5.74) is 0. The third-order valence-corrected chi connectivity index (χ3v) is 3.54. The van der Waals surface area contributed by atoms with Crippen LogP contribution in [0.2, 0.25) is 0 Å². The summed E-state index contributed by atoms with van der Waals surface area (Å²) in [4.78, 5) is 2.66. The second kappa shape index (κ2) is 4.00. The normalized spacial score (nSPS) is 27.0. The number of nitrogens with zero attached hydrogens (tertiary/aromatic N) is 1. The molecule has 1 heteroatoms. The molecule has 0 aromatic carbocycles. The zero-order chi connectivity index (χ0) is 9.26. The van der Waals surface area contributed by atoms with Crippen LogP contribution in [-0.2, 0) is 0 Å². The van der Waals surface area contributed by atoms with Gasteiger partial charge < -0.3 is 4.90 Å². The fraction of sp³-hybridized carbons (Fsp3) is 1.00. The van der Waals surface area contributed by atoms with Gasteiger partial charge in [-0.2, -0.15) is 0 Å². The summed E-state index contributed by atoms with van der Waals surface area (Å²) >= 11 is 0. The number of rotatable bonds is 3. The van der Waals surface area contributed by atoms with E-state index in [1.807, 2.05) is 0 Å². The summed E-state index contributed by atoms with van der Waals surface area (Å²) in [5.74, 6) is 3.09. The lowest BCUT2D eigenvalue weighted by atomic mass is 9.92. The van der Waals surface area contributed by atoms with E-state index >= 15 is 0 Å². The Morgan fingerprint density at radius 1 is 1.00 bits per heavy atom. The largest absolute Gasteiger partial charge is 0.303 e. The van der Waals surface area contributed by atoms with Gasteiger partial charge in [0.05, 0.1) is 0 Å². The van der Waals surface area contributed by atoms with E-state index in [-0.39, 0.29) is 0 Å². The van der Waals surface area contributed by atoms with Gasteiger partial charge in [-0.25, -0.2) is 0 Å². The standard InChI is InChI=1S/C12H23N/c1-10(2)9-13-7-5-12(6-8-13)11-3-4-11/h10-12H,3-9H2,1-2H3. The van der Waals surface area contributed by atoms with Gasteiger partial charge in [0.2, 0.25) is 0 Å². The maximum atomic E-state index is 2.66. The fourth-order valence-corrected chi connectivity index (χ4v) is 2.69. The molecule has 0 aromatic rings. The lowest BCUT2D eigenvalue weighted by molar-refractivity contribution is 0.158. The maximum Gasteiger partial charge on any atom is 0.000439 e. The first-order valence-corrected chi connectivity index (χ1v) is 5.98. The lowest BCUT2D eigenvalue weighted by Crippen LogP contribution is -2.36. The molecule has 1 saturated carbocycles. The van der Waals surface area contributed by atoms with Crippen molar-refractivity contribution in [2.24, 2.45) is 17.8 Å². The minimum Gasteiger partial charge on any atom is -0.303 e. The summed E-state index contributed by atoms with van der Waals surface area (Å²) in [6.07, 6.45) is 6.04. The van der Waals surface area contributed by atoms with Crippen molar-refractivity contribution in [3.63, 3.8) is 0 Å².